The Bertz CT molecular complexity index is 1490. The first-order valence-corrected chi connectivity index (χ1v) is 16.3. The molecule has 1 atom stereocenters. The molecule has 254 valence electrons. The quantitative estimate of drug-likeness (QED) is 0.152. The minimum Gasteiger partial charge on any atom is -0.496 e. The van der Waals surface area contributed by atoms with Crippen molar-refractivity contribution in [2.75, 3.05) is 60.2 Å². The molecule has 2 heterocycles. The standard InChI is InChI=1S/C34H39Cl2F2N3O6/c1-40(9-10-41-11-13-44-14-12-41)20-23-5-7-29(43-2)26(15-23)33(42)46-31(17-25-27(35)18-39-19-28(25)36)24-6-8-30(47-34(37)38)32(16-24)45-21-22-3-4-22/h5-8,15-16,18-19,22,31,34H,3-4,9-14,17,20-21H2,1-2H3/t31-/m0/s1. The lowest BCUT2D eigenvalue weighted by Crippen LogP contribution is -2.40. The topological polar surface area (TPSA) is 82.6 Å². The lowest BCUT2D eigenvalue weighted by molar-refractivity contribution is -0.0515. The zero-order valence-electron chi connectivity index (χ0n) is 26.4. The van der Waals surface area contributed by atoms with Crippen LogP contribution in [0.1, 0.15) is 46.0 Å². The lowest BCUT2D eigenvalue weighted by Gasteiger charge is -2.28. The molecule has 1 saturated carbocycles. The largest absolute Gasteiger partial charge is 0.496 e. The van der Waals surface area contributed by atoms with E-state index >= 15 is 0 Å². The highest BCUT2D eigenvalue weighted by Gasteiger charge is 2.27. The molecule has 0 spiro atoms. The van der Waals surface area contributed by atoms with Gasteiger partial charge in [0.1, 0.15) is 17.4 Å². The Kier molecular flexibility index (Phi) is 12.5. The SMILES string of the molecule is COc1ccc(CN(C)CCN2CCOCC2)cc1C(=O)O[C@@H](Cc1c(Cl)cncc1Cl)c1ccc(OC(F)F)c(OCC2CC2)c1. The fourth-order valence-corrected chi connectivity index (χ4v) is 5.82. The predicted octanol–water partition coefficient (Wildman–Crippen LogP) is 6.69. The molecule has 2 fully saturated rings. The van der Waals surface area contributed by atoms with Crippen molar-refractivity contribution < 1.29 is 37.3 Å². The number of alkyl halides is 2. The van der Waals surface area contributed by atoms with Gasteiger partial charge in [-0.2, -0.15) is 8.78 Å². The van der Waals surface area contributed by atoms with Gasteiger partial charge in [0, 0.05) is 51.5 Å². The van der Waals surface area contributed by atoms with Gasteiger partial charge in [-0.25, -0.2) is 4.79 Å². The number of likely N-dealkylation sites (N-methyl/N-ethyl adjacent to an activating group) is 1. The smallest absolute Gasteiger partial charge is 0.387 e. The molecular formula is C34H39Cl2F2N3O6. The maximum Gasteiger partial charge on any atom is 0.387 e. The normalized spacial score (nSPS) is 15.9. The zero-order chi connectivity index (χ0) is 33.3. The summed E-state index contributed by atoms with van der Waals surface area (Å²) < 4.78 is 54.2. The van der Waals surface area contributed by atoms with Crippen LogP contribution in [0.3, 0.4) is 0 Å². The Morgan fingerprint density at radius 3 is 2.47 bits per heavy atom. The first kappa shape index (κ1) is 35.1. The fraction of sp³-hybridized carbons (Fsp3) is 0.471. The van der Waals surface area contributed by atoms with E-state index in [4.69, 9.17) is 46.9 Å². The van der Waals surface area contributed by atoms with Crippen LogP contribution in [0.4, 0.5) is 8.78 Å². The van der Waals surface area contributed by atoms with Crippen LogP contribution in [0.25, 0.3) is 0 Å². The van der Waals surface area contributed by atoms with Crippen LogP contribution in [0.2, 0.25) is 10.0 Å². The summed E-state index contributed by atoms with van der Waals surface area (Å²) in [7, 11) is 3.52. The molecule has 0 radical (unpaired) electrons. The monoisotopic (exact) mass is 693 g/mol. The number of methoxy groups -OCH3 is 1. The number of hydrogen-bond acceptors (Lipinski definition) is 9. The Hall–Kier alpha value is -3.22. The first-order valence-electron chi connectivity index (χ1n) is 15.6. The van der Waals surface area contributed by atoms with Gasteiger partial charge in [0.15, 0.2) is 11.5 Å². The number of pyridine rings is 1. The van der Waals surface area contributed by atoms with E-state index in [1.807, 2.05) is 13.1 Å². The van der Waals surface area contributed by atoms with Crippen molar-refractivity contribution in [1.82, 2.24) is 14.8 Å². The van der Waals surface area contributed by atoms with E-state index in [0.717, 1.165) is 57.8 Å². The maximum absolute atomic E-state index is 13.9. The molecule has 3 aromatic rings. The molecule has 1 aliphatic heterocycles. The molecule has 1 aromatic heterocycles. The summed E-state index contributed by atoms with van der Waals surface area (Å²) in [6, 6.07) is 9.92. The van der Waals surface area contributed by atoms with Crippen LogP contribution >= 0.6 is 23.2 Å². The summed E-state index contributed by atoms with van der Waals surface area (Å²) >= 11 is 12.9. The van der Waals surface area contributed by atoms with Crippen molar-refractivity contribution in [2.45, 2.75) is 38.5 Å². The number of carbonyl (C=O) groups excluding carboxylic acids is 1. The second-order valence-corrected chi connectivity index (χ2v) is 12.6. The zero-order valence-corrected chi connectivity index (χ0v) is 27.9. The van der Waals surface area contributed by atoms with Gasteiger partial charge in [0.2, 0.25) is 0 Å². The molecule has 2 aliphatic rings. The van der Waals surface area contributed by atoms with Gasteiger partial charge in [-0.05, 0) is 66.8 Å². The Balaban J connectivity index is 1.39. The number of carbonyl (C=O) groups is 1. The van der Waals surface area contributed by atoms with Crippen molar-refractivity contribution in [3.05, 3.63) is 81.1 Å². The first-order chi connectivity index (χ1) is 22.7. The van der Waals surface area contributed by atoms with Crippen molar-refractivity contribution in [2.24, 2.45) is 5.92 Å². The summed E-state index contributed by atoms with van der Waals surface area (Å²) in [6.45, 7) is 3.02. The van der Waals surface area contributed by atoms with Gasteiger partial charge in [-0.15, -0.1) is 0 Å². The number of halogens is 4. The summed E-state index contributed by atoms with van der Waals surface area (Å²) in [6.07, 6.45) is 4.06. The van der Waals surface area contributed by atoms with Gasteiger partial charge in [0.05, 0.1) is 37.0 Å². The second-order valence-electron chi connectivity index (χ2n) is 11.7. The van der Waals surface area contributed by atoms with Crippen LogP contribution in [0.15, 0.2) is 48.8 Å². The number of nitrogens with zero attached hydrogens (tertiary/aromatic N) is 3. The highest BCUT2D eigenvalue weighted by atomic mass is 35.5. The van der Waals surface area contributed by atoms with Gasteiger partial charge in [-0.3, -0.25) is 9.88 Å². The predicted molar refractivity (Wildman–Crippen MR) is 174 cm³/mol. The number of hydrogen-bond donors (Lipinski definition) is 0. The van der Waals surface area contributed by atoms with Crippen LogP contribution in [-0.2, 0) is 22.4 Å². The van der Waals surface area contributed by atoms with Crippen LogP contribution in [-0.4, -0.2) is 87.5 Å². The average molecular weight is 695 g/mol. The lowest BCUT2D eigenvalue weighted by atomic mass is 10.0. The van der Waals surface area contributed by atoms with E-state index in [0.29, 0.717) is 46.0 Å². The van der Waals surface area contributed by atoms with E-state index < -0.39 is 18.7 Å². The third-order valence-electron chi connectivity index (χ3n) is 8.16. The number of esters is 1. The summed E-state index contributed by atoms with van der Waals surface area (Å²) in [5, 5.41) is 0.585. The van der Waals surface area contributed by atoms with Gasteiger partial charge in [0.25, 0.3) is 0 Å². The second kappa shape index (κ2) is 16.7. The van der Waals surface area contributed by atoms with Crippen LogP contribution < -0.4 is 14.2 Å². The van der Waals surface area contributed by atoms with Gasteiger partial charge < -0.3 is 28.6 Å². The van der Waals surface area contributed by atoms with Crippen LogP contribution in [0, 0.1) is 5.92 Å². The third-order valence-corrected chi connectivity index (χ3v) is 8.81. The Labute approximate surface area is 283 Å². The van der Waals surface area contributed by atoms with E-state index in [-0.39, 0.29) is 23.5 Å². The Morgan fingerprint density at radius 1 is 1.06 bits per heavy atom. The van der Waals surface area contributed by atoms with Gasteiger partial charge in [-0.1, -0.05) is 35.3 Å². The number of rotatable bonds is 16. The minimum atomic E-state index is -3.04. The molecule has 0 N–H and O–H groups in total. The molecule has 0 unspecified atom stereocenters. The maximum atomic E-state index is 13.9. The molecule has 0 amide bonds. The fourth-order valence-electron chi connectivity index (χ4n) is 5.30. The number of benzene rings is 2. The molecular weight excluding hydrogens is 655 g/mol. The highest BCUT2D eigenvalue weighted by Crippen LogP contribution is 2.38. The molecule has 1 aliphatic carbocycles. The van der Waals surface area contributed by atoms with Gasteiger partial charge >= 0.3 is 12.6 Å². The van der Waals surface area contributed by atoms with E-state index in [1.165, 1.54) is 25.6 Å². The molecule has 2 aromatic carbocycles. The number of morpholine rings is 1. The van der Waals surface area contributed by atoms with Crippen molar-refractivity contribution in [1.29, 1.82) is 0 Å². The summed E-state index contributed by atoms with van der Waals surface area (Å²) in [4.78, 5) is 22.5. The van der Waals surface area contributed by atoms with E-state index in [2.05, 4.69) is 14.8 Å². The highest BCUT2D eigenvalue weighted by molar-refractivity contribution is 6.35. The molecule has 13 heteroatoms. The third kappa shape index (κ3) is 10.1. The van der Waals surface area contributed by atoms with Crippen LogP contribution in [0.5, 0.6) is 17.2 Å². The number of ether oxygens (including phenoxy) is 5. The van der Waals surface area contributed by atoms with Crippen molar-refractivity contribution in [3.63, 3.8) is 0 Å². The molecule has 9 nitrogen and oxygen atoms in total. The summed E-state index contributed by atoms with van der Waals surface area (Å²) in [5.74, 6) is 0.0881. The van der Waals surface area contributed by atoms with E-state index in [9.17, 15) is 13.6 Å². The van der Waals surface area contributed by atoms with Crippen molar-refractivity contribution >= 4 is 29.2 Å². The molecule has 47 heavy (non-hydrogen) atoms. The minimum absolute atomic E-state index is 0.0787. The average Bonchev–Trinajstić information content (AvgIpc) is 3.89. The van der Waals surface area contributed by atoms with E-state index in [1.54, 1.807) is 24.3 Å². The molecule has 1 saturated heterocycles. The Morgan fingerprint density at radius 2 is 1.79 bits per heavy atom. The van der Waals surface area contributed by atoms with Crippen molar-refractivity contribution in [3.8, 4) is 17.2 Å². The molecule has 5 rings (SSSR count). The summed E-state index contributed by atoms with van der Waals surface area (Å²) in [5.41, 5.74) is 2.14. The number of aromatic nitrogens is 1. The molecule has 0 bridgehead atoms.